The van der Waals surface area contributed by atoms with E-state index in [0.29, 0.717) is 31.1 Å². The lowest BCUT2D eigenvalue weighted by Crippen LogP contribution is -2.32. The first-order chi connectivity index (χ1) is 10.3. The van der Waals surface area contributed by atoms with E-state index in [9.17, 15) is 4.79 Å². The van der Waals surface area contributed by atoms with E-state index in [-0.39, 0.29) is 18.3 Å². The Morgan fingerprint density at radius 3 is 2.95 bits per heavy atom. The van der Waals surface area contributed by atoms with Crippen LogP contribution in [0.3, 0.4) is 0 Å². The normalized spacial score (nSPS) is 10.2. The quantitative estimate of drug-likeness (QED) is 0.682. The van der Waals surface area contributed by atoms with Crippen LogP contribution in [0.15, 0.2) is 21.3 Å². The summed E-state index contributed by atoms with van der Waals surface area (Å²) >= 11 is 1.58. The Kier molecular flexibility index (Phi) is 8.72. The number of nitrogens with one attached hydrogen (secondary N) is 2. The molecule has 122 valence electrons. The number of amides is 1. The van der Waals surface area contributed by atoms with Crippen molar-refractivity contribution in [3.63, 3.8) is 0 Å². The molecule has 0 atom stereocenters. The highest BCUT2D eigenvalue weighted by atomic mass is 35.5. The van der Waals surface area contributed by atoms with E-state index in [1.54, 1.807) is 11.3 Å². The molecule has 1 amide bonds. The maximum atomic E-state index is 11.7. The van der Waals surface area contributed by atoms with Gasteiger partial charge in [-0.15, -0.1) is 12.4 Å². The average molecular weight is 345 g/mol. The second-order valence-electron chi connectivity index (χ2n) is 4.62. The van der Waals surface area contributed by atoms with Crippen molar-refractivity contribution < 1.29 is 9.32 Å². The summed E-state index contributed by atoms with van der Waals surface area (Å²) in [6, 6.07) is 1.94. The molecule has 0 saturated heterocycles. The second kappa shape index (κ2) is 10.3. The molecule has 0 unspecified atom stereocenters. The van der Waals surface area contributed by atoms with Crippen LogP contribution in [0.1, 0.15) is 25.7 Å². The number of nitrogens with zero attached hydrogens (tertiary/aromatic N) is 2. The maximum Gasteiger partial charge on any atom is 0.227 e. The van der Waals surface area contributed by atoms with Gasteiger partial charge in [0.05, 0.1) is 0 Å². The van der Waals surface area contributed by atoms with Gasteiger partial charge in [-0.25, -0.2) is 0 Å². The summed E-state index contributed by atoms with van der Waals surface area (Å²) in [6.45, 7) is 4.52. The summed E-state index contributed by atoms with van der Waals surface area (Å²) in [5.41, 5.74) is 0.946. The highest BCUT2D eigenvalue weighted by molar-refractivity contribution is 7.08. The van der Waals surface area contributed by atoms with Gasteiger partial charge in [0.25, 0.3) is 0 Å². The zero-order valence-electron chi connectivity index (χ0n) is 12.5. The Labute approximate surface area is 140 Å². The summed E-state index contributed by atoms with van der Waals surface area (Å²) in [7, 11) is 0. The van der Waals surface area contributed by atoms with Crippen LogP contribution in [0.4, 0.5) is 0 Å². The van der Waals surface area contributed by atoms with Crippen molar-refractivity contribution in [2.24, 2.45) is 0 Å². The second-order valence-corrected chi connectivity index (χ2v) is 5.40. The highest BCUT2D eigenvalue weighted by Crippen LogP contribution is 2.18. The Hall–Kier alpha value is -1.44. The van der Waals surface area contributed by atoms with Crippen LogP contribution in [0.5, 0.6) is 0 Å². The predicted octanol–water partition coefficient (Wildman–Crippen LogP) is 2.27. The van der Waals surface area contributed by atoms with Crippen LogP contribution in [-0.4, -0.2) is 35.7 Å². The number of hydrogen-bond donors (Lipinski definition) is 2. The van der Waals surface area contributed by atoms with Gasteiger partial charge in [0.2, 0.25) is 17.6 Å². The Morgan fingerprint density at radius 2 is 2.23 bits per heavy atom. The molecule has 2 rings (SSSR count). The first kappa shape index (κ1) is 18.6. The van der Waals surface area contributed by atoms with E-state index < -0.39 is 0 Å². The molecule has 0 radical (unpaired) electrons. The molecule has 0 aliphatic heterocycles. The summed E-state index contributed by atoms with van der Waals surface area (Å²) in [5, 5.41) is 13.9. The molecule has 0 fully saturated rings. The number of halogens is 1. The van der Waals surface area contributed by atoms with Crippen LogP contribution in [0, 0.1) is 0 Å². The molecule has 0 saturated carbocycles. The lowest BCUT2D eigenvalue weighted by molar-refractivity contribution is -0.121. The number of rotatable bonds is 9. The molecule has 2 aromatic rings. The average Bonchev–Trinajstić information content (AvgIpc) is 3.15. The number of hydrogen-bond acceptors (Lipinski definition) is 6. The van der Waals surface area contributed by atoms with Gasteiger partial charge in [-0.3, -0.25) is 4.79 Å². The summed E-state index contributed by atoms with van der Waals surface area (Å²) < 4.78 is 5.15. The van der Waals surface area contributed by atoms with Crippen LogP contribution in [0.25, 0.3) is 11.4 Å². The van der Waals surface area contributed by atoms with Crippen molar-refractivity contribution in [3.05, 3.63) is 22.7 Å². The topological polar surface area (TPSA) is 80.0 Å². The third-order valence-corrected chi connectivity index (χ3v) is 3.55. The molecule has 2 aromatic heterocycles. The molecule has 0 spiro atoms. The van der Waals surface area contributed by atoms with Crippen LogP contribution in [-0.2, 0) is 11.2 Å². The minimum absolute atomic E-state index is 0. The number of aromatic nitrogens is 2. The Bertz CT molecular complexity index is 545. The minimum atomic E-state index is 0. The molecule has 22 heavy (non-hydrogen) atoms. The zero-order chi connectivity index (χ0) is 14.9. The molecule has 6 nitrogen and oxygen atoms in total. The summed E-state index contributed by atoms with van der Waals surface area (Å²) in [5.74, 6) is 1.08. The van der Waals surface area contributed by atoms with E-state index >= 15 is 0 Å². The van der Waals surface area contributed by atoms with Gasteiger partial charge >= 0.3 is 0 Å². The minimum Gasteiger partial charge on any atom is -0.355 e. The largest absolute Gasteiger partial charge is 0.355 e. The smallest absolute Gasteiger partial charge is 0.227 e. The van der Waals surface area contributed by atoms with Crippen LogP contribution in [0.2, 0.25) is 0 Å². The van der Waals surface area contributed by atoms with Crippen molar-refractivity contribution in [3.8, 4) is 11.4 Å². The van der Waals surface area contributed by atoms with Gasteiger partial charge in [0, 0.05) is 36.9 Å². The van der Waals surface area contributed by atoms with Gasteiger partial charge < -0.3 is 15.2 Å². The lowest BCUT2D eigenvalue weighted by atomic mass is 10.3. The molecule has 2 heterocycles. The van der Waals surface area contributed by atoms with Crippen molar-refractivity contribution in [1.82, 2.24) is 20.8 Å². The number of carbonyl (C=O) groups is 1. The van der Waals surface area contributed by atoms with E-state index in [2.05, 4.69) is 27.7 Å². The SMILES string of the molecule is CCCNCCNC(=O)CCc1nc(-c2ccsc2)no1.Cl. The fourth-order valence-electron chi connectivity index (χ4n) is 1.77. The molecule has 2 N–H and O–H groups in total. The highest BCUT2D eigenvalue weighted by Gasteiger charge is 2.10. The van der Waals surface area contributed by atoms with E-state index in [1.165, 1.54) is 0 Å². The fourth-order valence-corrected chi connectivity index (χ4v) is 2.40. The van der Waals surface area contributed by atoms with Crippen LogP contribution >= 0.6 is 23.7 Å². The number of carbonyl (C=O) groups excluding carboxylic acids is 1. The van der Waals surface area contributed by atoms with Gasteiger partial charge in [0.15, 0.2) is 0 Å². The third kappa shape index (κ3) is 6.13. The third-order valence-electron chi connectivity index (χ3n) is 2.86. The number of aryl methyl sites for hydroxylation is 1. The van der Waals surface area contributed by atoms with Gasteiger partial charge in [-0.2, -0.15) is 16.3 Å². The van der Waals surface area contributed by atoms with E-state index in [1.807, 2.05) is 16.8 Å². The van der Waals surface area contributed by atoms with Gasteiger partial charge in [-0.1, -0.05) is 12.1 Å². The van der Waals surface area contributed by atoms with Crippen molar-refractivity contribution >= 4 is 29.7 Å². The van der Waals surface area contributed by atoms with E-state index in [4.69, 9.17) is 4.52 Å². The predicted molar refractivity (Wildman–Crippen MR) is 89.4 cm³/mol. The monoisotopic (exact) mass is 344 g/mol. The lowest BCUT2D eigenvalue weighted by Gasteiger charge is -2.04. The standard InChI is InChI=1S/C14H20N4O2S.ClH/c1-2-6-15-7-8-16-12(19)3-4-13-17-14(18-20-13)11-5-9-21-10-11;/h5,9-10,15H,2-4,6-8H2,1H3,(H,16,19);1H. The fraction of sp³-hybridized carbons (Fsp3) is 0.500. The van der Waals surface area contributed by atoms with Gasteiger partial charge in [-0.05, 0) is 24.4 Å². The molecule has 0 aromatic carbocycles. The molecule has 8 heteroatoms. The first-order valence-electron chi connectivity index (χ1n) is 7.12. The maximum absolute atomic E-state index is 11.7. The van der Waals surface area contributed by atoms with Gasteiger partial charge in [0.1, 0.15) is 0 Å². The summed E-state index contributed by atoms with van der Waals surface area (Å²) in [4.78, 5) is 15.9. The first-order valence-corrected chi connectivity index (χ1v) is 8.06. The molecule has 0 aliphatic carbocycles. The van der Waals surface area contributed by atoms with Crippen molar-refractivity contribution in [2.45, 2.75) is 26.2 Å². The van der Waals surface area contributed by atoms with E-state index in [0.717, 1.165) is 25.1 Å². The zero-order valence-corrected chi connectivity index (χ0v) is 14.1. The Balaban J connectivity index is 0.00000242. The number of thiophene rings is 1. The molecular weight excluding hydrogens is 324 g/mol. The summed E-state index contributed by atoms with van der Waals surface area (Å²) in [6.07, 6.45) is 1.92. The van der Waals surface area contributed by atoms with Crippen molar-refractivity contribution in [2.75, 3.05) is 19.6 Å². The van der Waals surface area contributed by atoms with Crippen molar-refractivity contribution in [1.29, 1.82) is 0 Å². The molecule has 0 aliphatic rings. The molecular formula is C14H21ClN4O2S. The van der Waals surface area contributed by atoms with Crippen LogP contribution < -0.4 is 10.6 Å². The molecule has 0 bridgehead atoms. The Morgan fingerprint density at radius 1 is 1.36 bits per heavy atom.